The van der Waals surface area contributed by atoms with Crippen LogP contribution in [-0.2, 0) is 23.1 Å². The van der Waals surface area contributed by atoms with E-state index in [2.05, 4.69) is 4.72 Å². The predicted octanol–water partition coefficient (Wildman–Crippen LogP) is 1.90. The Labute approximate surface area is 121 Å². The van der Waals surface area contributed by atoms with Gasteiger partial charge < -0.3 is 5.73 Å². The fourth-order valence-corrected chi connectivity index (χ4v) is 3.08. The third kappa shape index (κ3) is 3.84. The molecule has 0 amide bonds. The molecular weight excluding hydrogens is 298 g/mol. The minimum absolute atomic E-state index is 0.0208. The van der Waals surface area contributed by atoms with Crippen molar-refractivity contribution >= 4 is 10.0 Å². The first-order chi connectivity index (χ1) is 9.92. The summed E-state index contributed by atoms with van der Waals surface area (Å²) in [6, 6.07) is 8.81. The van der Waals surface area contributed by atoms with Gasteiger partial charge in [0.25, 0.3) is 0 Å². The quantitative estimate of drug-likeness (QED) is 0.886. The topological polar surface area (TPSA) is 72.2 Å². The van der Waals surface area contributed by atoms with E-state index in [1.54, 1.807) is 0 Å². The largest absolute Gasteiger partial charge is 0.326 e. The normalized spacial score (nSPS) is 11.6. The molecule has 7 heteroatoms. The number of sulfonamides is 1. The van der Waals surface area contributed by atoms with Gasteiger partial charge in [0.15, 0.2) is 0 Å². The molecule has 3 N–H and O–H groups in total. The maximum Gasteiger partial charge on any atom is 0.241 e. The van der Waals surface area contributed by atoms with E-state index < -0.39 is 21.7 Å². The van der Waals surface area contributed by atoms with E-state index in [-0.39, 0.29) is 18.0 Å². The Bertz CT molecular complexity index is 731. The van der Waals surface area contributed by atoms with Crippen LogP contribution in [-0.4, -0.2) is 8.42 Å². The summed E-state index contributed by atoms with van der Waals surface area (Å²) >= 11 is 0. The highest BCUT2D eigenvalue weighted by Crippen LogP contribution is 2.17. The second kappa shape index (κ2) is 6.30. The maximum absolute atomic E-state index is 13.2. The molecule has 0 atom stereocenters. The molecule has 0 heterocycles. The lowest BCUT2D eigenvalue weighted by molar-refractivity contribution is 0.575. The second-order valence-corrected chi connectivity index (χ2v) is 6.14. The van der Waals surface area contributed by atoms with Gasteiger partial charge in [0, 0.05) is 13.1 Å². The molecule has 0 saturated heterocycles. The molecule has 2 rings (SSSR count). The third-order valence-corrected chi connectivity index (χ3v) is 4.40. The van der Waals surface area contributed by atoms with E-state index in [0.717, 1.165) is 12.1 Å². The number of nitrogens with one attached hydrogen (secondary N) is 1. The van der Waals surface area contributed by atoms with Gasteiger partial charge >= 0.3 is 0 Å². The average molecular weight is 312 g/mol. The van der Waals surface area contributed by atoms with Gasteiger partial charge in [-0.15, -0.1) is 0 Å². The van der Waals surface area contributed by atoms with E-state index in [0.29, 0.717) is 11.1 Å². The molecular formula is C14H14F2N2O2S. The smallest absolute Gasteiger partial charge is 0.241 e. The maximum atomic E-state index is 13.2. The lowest BCUT2D eigenvalue weighted by Crippen LogP contribution is -2.25. The van der Waals surface area contributed by atoms with Crippen LogP contribution in [0.4, 0.5) is 8.78 Å². The zero-order valence-corrected chi connectivity index (χ0v) is 11.8. The van der Waals surface area contributed by atoms with Crippen LogP contribution in [0, 0.1) is 11.6 Å². The summed E-state index contributed by atoms with van der Waals surface area (Å²) in [6.07, 6.45) is 0. The first kappa shape index (κ1) is 15.6. The van der Waals surface area contributed by atoms with Crippen molar-refractivity contribution in [2.24, 2.45) is 5.73 Å². The first-order valence-corrected chi connectivity index (χ1v) is 7.63. The van der Waals surface area contributed by atoms with Crippen molar-refractivity contribution in [3.05, 3.63) is 65.2 Å². The Morgan fingerprint density at radius 2 is 1.62 bits per heavy atom. The summed E-state index contributed by atoms with van der Waals surface area (Å²) in [5.74, 6) is -1.06. The Morgan fingerprint density at radius 1 is 1.00 bits per heavy atom. The minimum atomic E-state index is -3.90. The summed E-state index contributed by atoms with van der Waals surface area (Å²) in [5, 5.41) is 0. The van der Waals surface area contributed by atoms with Crippen LogP contribution in [0.2, 0.25) is 0 Å². The number of nitrogens with two attached hydrogens (primary N) is 1. The highest BCUT2D eigenvalue weighted by atomic mass is 32.2. The summed E-state index contributed by atoms with van der Waals surface area (Å²) in [6.45, 7) is -0.0454. The third-order valence-electron chi connectivity index (χ3n) is 2.92. The van der Waals surface area contributed by atoms with E-state index >= 15 is 0 Å². The minimum Gasteiger partial charge on any atom is -0.326 e. The van der Waals surface area contributed by atoms with Crippen LogP contribution in [0.3, 0.4) is 0 Å². The van der Waals surface area contributed by atoms with Crippen LogP contribution in [0.15, 0.2) is 47.4 Å². The summed E-state index contributed by atoms with van der Waals surface area (Å²) in [7, 11) is -3.90. The van der Waals surface area contributed by atoms with Crippen molar-refractivity contribution in [2.75, 3.05) is 0 Å². The molecule has 0 aliphatic heterocycles. The van der Waals surface area contributed by atoms with E-state index in [4.69, 9.17) is 5.73 Å². The molecule has 21 heavy (non-hydrogen) atoms. The number of halogens is 2. The molecule has 2 aromatic rings. The molecule has 0 unspecified atom stereocenters. The molecule has 0 aliphatic rings. The molecule has 0 saturated carbocycles. The average Bonchev–Trinajstić information content (AvgIpc) is 2.47. The zero-order chi connectivity index (χ0) is 15.5. The van der Waals surface area contributed by atoms with E-state index in [1.807, 2.05) is 0 Å². The lowest BCUT2D eigenvalue weighted by atomic mass is 10.2. The van der Waals surface area contributed by atoms with Crippen LogP contribution in [0.1, 0.15) is 11.1 Å². The number of hydrogen-bond acceptors (Lipinski definition) is 3. The second-order valence-electron chi connectivity index (χ2n) is 4.41. The SMILES string of the molecule is NCc1ccc(F)cc1S(=O)(=O)NCc1ccc(F)cc1. The summed E-state index contributed by atoms with van der Waals surface area (Å²) in [5.41, 5.74) is 6.38. The first-order valence-electron chi connectivity index (χ1n) is 6.15. The standard InChI is InChI=1S/C14H14F2N2O2S/c15-12-4-1-10(2-5-12)9-18-21(19,20)14-7-13(16)6-3-11(14)8-17/h1-7,18H,8-9,17H2. The van der Waals surface area contributed by atoms with Gasteiger partial charge in [-0.3, -0.25) is 0 Å². The van der Waals surface area contributed by atoms with Crippen LogP contribution < -0.4 is 10.5 Å². The fourth-order valence-electron chi connectivity index (χ4n) is 1.81. The van der Waals surface area contributed by atoms with Crippen molar-refractivity contribution in [2.45, 2.75) is 18.0 Å². The molecule has 2 aromatic carbocycles. The van der Waals surface area contributed by atoms with Gasteiger partial charge in [0.1, 0.15) is 11.6 Å². The molecule has 4 nitrogen and oxygen atoms in total. The Hall–Kier alpha value is -1.83. The molecule has 112 valence electrons. The predicted molar refractivity (Wildman–Crippen MR) is 74.7 cm³/mol. The lowest BCUT2D eigenvalue weighted by Gasteiger charge is -2.10. The van der Waals surface area contributed by atoms with Gasteiger partial charge in [-0.1, -0.05) is 18.2 Å². The molecule has 0 fully saturated rings. The fraction of sp³-hybridized carbons (Fsp3) is 0.143. The van der Waals surface area contributed by atoms with Crippen molar-refractivity contribution < 1.29 is 17.2 Å². The highest BCUT2D eigenvalue weighted by molar-refractivity contribution is 7.89. The van der Waals surface area contributed by atoms with Crippen molar-refractivity contribution in [3.63, 3.8) is 0 Å². The molecule has 0 radical (unpaired) electrons. The van der Waals surface area contributed by atoms with Crippen LogP contribution in [0.5, 0.6) is 0 Å². The van der Waals surface area contributed by atoms with Gasteiger partial charge in [-0.25, -0.2) is 21.9 Å². The van der Waals surface area contributed by atoms with Gasteiger partial charge in [0.05, 0.1) is 4.90 Å². The van der Waals surface area contributed by atoms with Crippen molar-refractivity contribution in [1.82, 2.24) is 4.72 Å². The summed E-state index contributed by atoms with van der Waals surface area (Å²) < 4.78 is 52.8. The highest BCUT2D eigenvalue weighted by Gasteiger charge is 2.18. The number of benzene rings is 2. The molecule has 0 aromatic heterocycles. The van der Waals surface area contributed by atoms with Crippen molar-refractivity contribution in [1.29, 1.82) is 0 Å². The van der Waals surface area contributed by atoms with Crippen molar-refractivity contribution in [3.8, 4) is 0 Å². The van der Waals surface area contributed by atoms with Gasteiger partial charge in [-0.2, -0.15) is 0 Å². The van der Waals surface area contributed by atoms with E-state index in [1.165, 1.54) is 30.3 Å². The zero-order valence-electron chi connectivity index (χ0n) is 11.0. The van der Waals surface area contributed by atoms with Gasteiger partial charge in [0.2, 0.25) is 10.0 Å². The molecule has 0 spiro atoms. The Balaban J connectivity index is 2.22. The summed E-state index contributed by atoms with van der Waals surface area (Å²) in [4.78, 5) is -0.188. The van der Waals surface area contributed by atoms with Crippen LogP contribution in [0.25, 0.3) is 0 Å². The Morgan fingerprint density at radius 3 is 2.24 bits per heavy atom. The number of hydrogen-bond donors (Lipinski definition) is 2. The number of rotatable bonds is 5. The van der Waals surface area contributed by atoms with E-state index in [9.17, 15) is 17.2 Å². The monoisotopic (exact) mass is 312 g/mol. The molecule has 0 aliphatic carbocycles. The van der Waals surface area contributed by atoms with Crippen LogP contribution >= 0.6 is 0 Å². The van der Waals surface area contributed by atoms with Gasteiger partial charge in [-0.05, 0) is 35.4 Å². The molecule has 0 bridgehead atoms. The Kier molecular flexibility index (Phi) is 4.66.